The summed E-state index contributed by atoms with van der Waals surface area (Å²) < 4.78 is 17.1. The standard InChI is InChI=1S/C20H25N3O5/c1-26-12-11-23-19(24)9-7-16(21-23)20(25)22-10-4-5-17(22)15-13-14(27-2)6-8-18(15)28-3/h6-9,13,17H,4-5,10-12H2,1-3H3/t17-/m0/s1. The van der Waals surface area contributed by atoms with Crippen LogP contribution >= 0.6 is 0 Å². The summed E-state index contributed by atoms with van der Waals surface area (Å²) in [5.74, 6) is 1.21. The third-order valence-electron chi connectivity index (χ3n) is 4.90. The molecule has 8 nitrogen and oxygen atoms in total. The number of aromatic nitrogens is 2. The molecule has 1 amide bonds. The van der Waals surface area contributed by atoms with E-state index in [0.717, 1.165) is 18.4 Å². The molecule has 3 rings (SSSR count). The minimum absolute atomic E-state index is 0.140. The van der Waals surface area contributed by atoms with Gasteiger partial charge in [-0.05, 0) is 37.1 Å². The number of rotatable bonds is 7. The van der Waals surface area contributed by atoms with Crippen LogP contribution in [-0.4, -0.2) is 55.1 Å². The third kappa shape index (κ3) is 4.01. The molecule has 1 aromatic carbocycles. The van der Waals surface area contributed by atoms with Crippen LogP contribution in [0.15, 0.2) is 35.1 Å². The number of hydrogen-bond donors (Lipinski definition) is 0. The average molecular weight is 387 g/mol. The van der Waals surface area contributed by atoms with Crippen LogP contribution in [0.3, 0.4) is 0 Å². The first-order valence-electron chi connectivity index (χ1n) is 9.19. The molecule has 0 aliphatic carbocycles. The zero-order chi connectivity index (χ0) is 20.1. The van der Waals surface area contributed by atoms with Crippen molar-refractivity contribution in [1.29, 1.82) is 0 Å². The number of methoxy groups -OCH3 is 3. The Bertz CT molecular complexity index is 896. The summed E-state index contributed by atoms with van der Waals surface area (Å²) in [6.07, 6.45) is 1.69. The molecule has 2 aromatic rings. The lowest BCUT2D eigenvalue weighted by molar-refractivity contribution is 0.0724. The molecule has 1 atom stereocenters. The lowest BCUT2D eigenvalue weighted by atomic mass is 10.0. The van der Waals surface area contributed by atoms with Crippen LogP contribution in [0.4, 0.5) is 0 Å². The van der Waals surface area contributed by atoms with E-state index in [4.69, 9.17) is 14.2 Å². The van der Waals surface area contributed by atoms with Crippen molar-refractivity contribution in [2.45, 2.75) is 25.4 Å². The summed E-state index contributed by atoms with van der Waals surface area (Å²) in [4.78, 5) is 26.9. The number of likely N-dealkylation sites (tertiary alicyclic amines) is 1. The van der Waals surface area contributed by atoms with Gasteiger partial charge in [-0.1, -0.05) is 0 Å². The molecular weight excluding hydrogens is 362 g/mol. The maximum atomic E-state index is 13.2. The van der Waals surface area contributed by atoms with Crippen LogP contribution in [0.2, 0.25) is 0 Å². The molecule has 1 aromatic heterocycles. The second kappa shape index (κ2) is 8.88. The molecule has 1 saturated heterocycles. The van der Waals surface area contributed by atoms with Gasteiger partial charge in [-0.25, -0.2) is 4.68 Å². The Labute approximate surface area is 163 Å². The van der Waals surface area contributed by atoms with E-state index in [-0.39, 0.29) is 23.2 Å². The number of carbonyl (C=O) groups is 1. The maximum absolute atomic E-state index is 13.2. The lowest BCUT2D eigenvalue weighted by Gasteiger charge is -2.26. The quantitative estimate of drug-likeness (QED) is 0.721. The van der Waals surface area contributed by atoms with Gasteiger partial charge in [-0.2, -0.15) is 5.10 Å². The number of ether oxygens (including phenoxy) is 3. The predicted molar refractivity (Wildman–Crippen MR) is 103 cm³/mol. The molecular formula is C20H25N3O5. The molecule has 0 bridgehead atoms. The number of amides is 1. The largest absolute Gasteiger partial charge is 0.497 e. The van der Waals surface area contributed by atoms with E-state index in [1.54, 1.807) is 26.2 Å². The zero-order valence-electron chi connectivity index (χ0n) is 16.4. The SMILES string of the molecule is COCCn1nc(C(=O)N2CCC[C@H]2c2cc(OC)ccc2OC)ccc1=O. The Morgan fingerprint density at radius 3 is 2.71 bits per heavy atom. The van der Waals surface area contributed by atoms with Gasteiger partial charge in [0.15, 0.2) is 0 Å². The van der Waals surface area contributed by atoms with Crippen molar-refractivity contribution in [1.82, 2.24) is 14.7 Å². The highest BCUT2D eigenvalue weighted by Gasteiger charge is 2.33. The van der Waals surface area contributed by atoms with E-state index in [1.165, 1.54) is 16.8 Å². The first-order valence-corrected chi connectivity index (χ1v) is 9.19. The minimum atomic E-state index is -0.263. The van der Waals surface area contributed by atoms with E-state index in [9.17, 15) is 9.59 Å². The van der Waals surface area contributed by atoms with Crippen LogP contribution in [0.5, 0.6) is 11.5 Å². The molecule has 0 spiro atoms. The molecule has 2 heterocycles. The first kappa shape index (κ1) is 19.9. The molecule has 28 heavy (non-hydrogen) atoms. The minimum Gasteiger partial charge on any atom is -0.497 e. The van der Waals surface area contributed by atoms with E-state index >= 15 is 0 Å². The molecule has 1 aliphatic heterocycles. The second-order valence-electron chi connectivity index (χ2n) is 6.54. The van der Waals surface area contributed by atoms with Crippen molar-refractivity contribution in [3.63, 3.8) is 0 Å². The monoisotopic (exact) mass is 387 g/mol. The van der Waals surface area contributed by atoms with Crippen molar-refractivity contribution in [2.75, 3.05) is 34.5 Å². The smallest absolute Gasteiger partial charge is 0.274 e. The van der Waals surface area contributed by atoms with Gasteiger partial charge in [-0.15, -0.1) is 0 Å². The van der Waals surface area contributed by atoms with Gasteiger partial charge in [0, 0.05) is 25.3 Å². The van der Waals surface area contributed by atoms with Crippen LogP contribution in [0, 0.1) is 0 Å². The van der Waals surface area contributed by atoms with E-state index in [0.29, 0.717) is 31.2 Å². The van der Waals surface area contributed by atoms with Crippen LogP contribution in [0.1, 0.15) is 34.9 Å². The first-order chi connectivity index (χ1) is 13.6. The Kier molecular flexibility index (Phi) is 6.30. The summed E-state index contributed by atoms with van der Waals surface area (Å²) >= 11 is 0. The molecule has 0 saturated carbocycles. The summed E-state index contributed by atoms with van der Waals surface area (Å²) in [5, 5.41) is 4.24. The normalized spacial score (nSPS) is 16.2. The van der Waals surface area contributed by atoms with Gasteiger partial charge in [0.2, 0.25) is 0 Å². The highest BCUT2D eigenvalue weighted by atomic mass is 16.5. The number of benzene rings is 1. The molecule has 0 radical (unpaired) electrons. The Balaban J connectivity index is 1.91. The van der Waals surface area contributed by atoms with Gasteiger partial charge in [-0.3, -0.25) is 9.59 Å². The zero-order valence-corrected chi connectivity index (χ0v) is 16.4. The predicted octanol–water partition coefficient (Wildman–Crippen LogP) is 1.88. The molecule has 0 N–H and O–H groups in total. The third-order valence-corrected chi connectivity index (χ3v) is 4.90. The van der Waals surface area contributed by atoms with Gasteiger partial charge < -0.3 is 19.1 Å². The van der Waals surface area contributed by atoms with Gasteiger partial charge in [0.05, 0.1) is 33.4 Å². The van der Waals surface area contributed by atoms with Gasteiger partial charge in [0.1, 0.15) is 17.2 Å². The van der Waals surface area contributed by atoms with Crippen LogP contribution < -0.4 is 15.0 Å². The van der Waals surface area contributed by atoms with Crippen molar-refractivity contribution >= 4 is 5.91 Å². The second-order valence-corrected chi connectivity index (χ2v) is 6.54. The fourth-order valence-corrected chi connectivity index (χ4v) is 3.48. The van der Waals surface area contributed by atoms with E-state index < -0.39 is 0 Å². The van der Waals surface area contributed by atoms with Gasteiger partial charge >= 0.3 is 0 Å². The van der Waals surface area contributed by atoms with Crippen molar-refractivity contribution in [2.24, 2.45) is 0 Å². The summed E-state index contributed by atoms with van der Waals surface area (Å²) in [5.41, 5.74) is 0.880. The molecule has 150 valence electrons. The molecule has 1 fully saturated rings. The highest BCUT2D eigenvalue weighted by Crippen LogP contribution is 2.39. The van der Waals surface area contributed by atoms with Crippen molar-refractivity contribution in [3.05, 3.63) is 51.9 Å². The van der Waals surface area contributed by atoms with Crippen LogP contribution in [0.25, 0.3) is 0 Å². The van der Waals surface area contributed by atoms with Crippen molar-refractivity contribution < 1.29 is 19.0 Å². The molecule has 0 unspecified atom stereocenters. The average Bonchev–Trinajstić information content (AvgIpc) is 3.21. The Morgan fingerprint density at radius 1 is 1.18 bits per heavy atom. The van der Waals surface area contributed by atoms with Crippen molar-refractivity contribution in [3.8, 4) is 11.5 Å². The Morgan fingerprint density at radius 2 is 2.00 bits per heavy atom. The maximum Gasteiger partial charge on any atom is 0.274 e. The highest BCUT2D eigenvalue weighted by molar-refractivity contribution is 5.92. The molecule has 8 heteroatoms. The lowest BCUT2D eigenvalue weighted by Crippen LogP contribution is -2.34. The summed E-state index contributed by atoms with van der Waals surface area (Å²) in [6, 6.07) is 8.29. The van der Waals surface area contributed by atoms with Crippen LogP contribution in [-0.2, 0) is 11.3 Å². The topological polar surface area (TPSA) is 82.9 Å². The van der Waals surface area contributed by atoms with E-state index in [1.807, 2.05) is 18.2 Å². The summed E-state index contributed by atoms with van der Waals surface area (Å²) in [7, 11) is 4.77. The number of nitrogens with zero attached hydrogens (tertiary/aromatic N) is 3. The van der Waals surface area contributed by atoms with E-state index in [2.05, 4.69) is 5.10 Å². The Hall–Kier alpha value is -2.87. The number of hydrogen-bond acceptors (Lipinski definition) is 6. The fraction of sp³-hybridized carbons (Fsp3) is 0.450. The fourth-order valence-electron chi connectivity index (χ4n) is 3.48. The van der Waals surface area contributed by atoms with Gasteiger partial charge in [0.25, 0.3) is 11.5 Å². The summed E-state index contributed by atoms with van der Waals surface area (Å²) in [6.45, 7) is 1.25. The number of carbonyl (C=O) groups excluding carboxylic acids is 1. The molecule has 1 aliphatic rings.